The summed E-state index contributed by atoms with van der Waals surface area (Å²) >= 11 is 0. The summed E-state index contributed by atoms with van der Waals surface area (Å²) in [4.78, 5) is 67.1. The molecular formula is C18H32N7O14P3S2. The fourth-order valence-corrected chi connectivity index (χ4v) is 8.60. The number of aromatic nitrogens is 2. The molecule has 21 nitrogen and oxygen atoms in total. The Morgan fingerprint density at radius 2 is 2.00 bits per heavy atom. The number of amides is 1. The SMILES string of the molecule is CC(C)(CNC(=O)CCCN=[N+]=[N-])SSCOC1C[C@H](n2ccc(N)nc2=O)O[C@@H]1COP(=O)(O)OP(=O)(O)OP(=O)(O)O. The number of carbonyl (C=O) groups is 1. The molecule has 0 saturated carbocycles. The van der Waals surface area contributed by atoms with Crippen LogP contribution >= 0.6 is 45.1 Å². The number of anilines is 1. The summed E-state index contributed by atoms with van der Waals surface area (Å²) in [5, 5.41) is 6.17. The first-order valence-electron chi connectivity index (χ1n) is 12.3. The Morgan fingerprint density at radius 3 is 2.64 bits per heavy atom. The minimum absolute atomic E-state index is 0.0243. The normalized spacial score (nSPS) is 21.6. The zero-order chi connectivity index (χ0) is 33.2. The van der Waals surface area contributed by atoms with Gasteiger partial charge in [0.05, 0.1) is 12.7 Å². The van der Waals surface area contributed by atoms with Crippen molar-refractivity contribution in [2.45, 2.75) is 56.3 Å². The van der Waals surface area contributed by atoms with E-state index in [2.05, 4.69) is 28.9 Å². The molecule has 1 aliphatic rings. The molecule has 2 heterocycles. The van der Waals surface area contributed by atoms with Gasteiger partial charge in [-0.3, -0.25) is 13.9 Å². The Labute approximate surface area is 258 Å². The topological polar surface area (TPSA) is 317 Å². The van der Waals surface area contributed by atoms with Crippen molar-refractivity contribution < 1.29 is 60.7 Å². The molecule has 26 heteroatoms. The van der Waals surface area contributed by atoms with Crippen LogP contribution < -0.4 is 16.7 Å². The van der Waals surface area contributed by atoms with Crippen LogP contribution in [-0.2, 0) is 41.1 Å². The van der Waals surface area contributed by atoms with Gasteiger partial charge in [0.25, 0.3) is 0 Å². The van der Waals surface area contributed by atoms with Gasteiger partial charge in [0.2, 0.25) is 5.91 Å². The van der Waals surface area contributed by atoms with Crippen molar-refractivity contribution >= 4 is 56.8 Å². The van der Waals surface area contributed by atoms with E-state index in [9.17, 15) is 33.1 Å². The molecule has 1 aromatic rings. The molecule has 5 atom stereocenters. The van der Waals surface area contributed by atoms with Crippen LogP contribution in [-0.4, -0.2) is 77.6 Å². The zero-order valence-corrected chi connectivity index (χ0v) is 27.5. The van der Waals surface area contributed by atoms with Crippen molar-refractivity contribution in [2.75, 3.05) is 31.4 Å². The summed E-state index contributed by atoms with van der Waals surface area (Å²) in [6.45, 7) is 3.50. The second-order valence-corrected chi connectivity index (χ2v) is 16.8. The second-order valence-electron chi connectivity index (χ2n) is 9.41. The summed E-state index contributed by atoms with van der Waals surface area (Å²) < 4.78 is 59.1. The van der Waals surface area contributed by atoms with Crippen LogP contribution in [0.15, 0.2) is 22.2 Å². The van der Waals surface area contributed by atoms with Gasteiger partial charge in [0.1, 0.15) is 24.1 Å². The molecular weight excluding hydrogens is 695 g/mol. The molecule has 2 rings (SSSR count). The molecule has 1 saturated heterocycles. The largest absolute Gasteiger partial charge is 0.490 e. The Balaban J connectivity index is 1.99. The number of nitrogens with zero attached hydrogens (tertiary/aromatic N) is 5. The molecule has 1 amide bonds. The zero-order valence-electron chi connectivity index (χ0n) is 23.2. The molecule has 0 spiro atoms. The lowest BCUT2D eigenvalue weighted by Crippen LogP contribution is -2.35. The van der Waals surface area contributed by atoms with Gasteiger partial charge >= 0.3 is 29.2 Å². The Bertz CT molecular complexity index is 1390. The first-order chi connectivity index (χ1) is 20.3. The molecule has 44 heavy (non-hydrogen) atoms. The molecule has 0 aliphatic carbocycles. The van der Waals surface area contributed by atoms with Gasteiger partial charge in [0.15, 0.2) is 0 Å². The third-order valence-corrected chi connectivity index (χ3v) is 12.0. The van der Waals surface area contributed by atoms with E-state index in [1.54, 1.807) is 0 Å². The van der Waals surface area contributed by atoms with Crippen molar-refractivity contribution in [2.24, 2.45) is 5.11 Å². The molecule has 3 unspecified atom stereocenters. The minimum Gasteiger partial charge on any atom is -0.383 e. The number of carbonyl (C=O) groups excluding carboxylic acids is 1. The maximum Gasteiger partial charge on any atom is 0.490 e. The number of nitrogens with two attached hydrogens (primary N) is 1. The predicted octanol–water partition coefficient (Wildman–Crippen LogP) is 2.17. The standard InChI is InChI=1S/C18H32N7O14P3S2/c1-18(2,10-21-15(26)4-3-6-22-24-20)44-43-11-35-12-8-16(25-7-5-14(19)23-17(25)27)37-13(12)9-36-41(31,32)39-42(33,34)38-40(28,29)30/h5,7,12-13,16H,3-4,6,8-11H2,1-2H3,(H,21,26)(H,31,32)(H,33,34)(H2,19,23,27)(H2,28,29,30)/t12?,13-,16-/m1/s1. The van der Waals surface area contributed by atoms with Gasteiger partial charge in [0, 0.05) is 41.8 Å². The van der Waals surface area contributed by atoms with Gasteiger partial charge < -0.3 is 40.1 Å². The summed E-state index contributed by atoms with van der Waals surface area (Å²) in [5.74, 6) is -0.203. The minimum atomic E-state index is -5.73. The molecule has 1 aliphatic heterocycles. The molecule has 7 N–H and O–H groups in total. The Morgan fingerprint density at radius 1 is 1.30 bits per heavy atom. The van der Waals surface area contributed by atoms with Gasteiger partial charge in [-0.05, 0) is 31.9 Å². The molecule has 0 bridgehead atoms. The van der Waals surface area contributed by atoms with E-state index < -0.39 is 58.9 Å². The summed E-state index contributed by atoms with van der Waals surface area (Å²) in [6, 6.07) is 1.34. The van der Waals surface area contributed by atoms with Gasteiger partial charge in [-0.25, -0.2) is 18.5 Å². The van der Waals surface area contributed by atoms with Crippen LogP contribution in [0.4, 0.5) is 5.82 Å². The number of nitrogens with one attached hydrogen (secondary N) is 1. The Hall–Kier alpha value is -1.51. The van der Waals surface area contributed by atoms with E-state index >= 15 is 0 Å². The van der Waals surface area contributed by atoms with Crippen LogP contribution in [0.5, 0.6) is 0 Å². The van der Waals surface area contributed by atoms with E-state index in [-0.39, 0.29) is 37.1 Å². The Kier molecular flexibility index (Phi) is 14.8. The van der Waals surface area contributed by atoms with E-state index in [4.69, 9.17) is 35.0 Å². The maximum absolute atomic E-state index is 12.3. The van der Waals surface area contributed by atoms with E-state index in [0.717, 1.165) is 4.57 Å². The first-order valence-corrected chi connectivity index (χ1v) is 19.1. The highest BCUT2D eigenvalue weighted by Crippen LogP contribution is 2.66. The van der Waals surface area contributed by atoms with Crippen LogP contribution in [0.25, 0.3) is 10.4 Å². The second kappa shape index (κ2) is 16.9. The summed E-state index contributed by atoms with van der Waals surface area (Å²) in [7, 11) is -14.1. The maximum atomic E-state index is 12.3. The fourth-order valence-electron chi connectivity index (χ4n) is 3.40. The number of ether oxygens (including phenoxy) is 2. The number of azide groups is 1. The van der Waals surface area contributed by atoms with Crippen LogP contribution in [0.1, 0.15) is 39.3 Å². The third-order valence-electron chi connectivity index (χ3n) is 5.21. The summed E-state index contributed by atoms with van der Waals surface area (Å²) in [5.41, 5.74) is 13.0. The number of hydrogen-bond donors (Lipinski definition) is 6. The predicted molar refractivity (Wildman–Crippen MR) is 157 cm³/mol. The smallest absolute Gasteiger partial charge is 0.383 e. The lowest BCUT2D eigenvalue weighted by atomic mass is 10.2. The van der Waals surface area contributed by atoms with E-state index in [1.165, 1.54) is 33.9 Å². The number of hydrogen-bond acceptors (Lipinski definition) is 15. The van der Waals surface area contributed by atoms with Crippen molar-refractivity contribution in [3.8, 4) is 0 Å². The third kappa shape index (κ3) is 14.7. The van der Waals surface area contributed by atoms with Gasteiger partial charge in [-0.1, -0.05) is 26.7 Å². The first kappa shape index (κ1) is 38.7. The number of rotatable bonds is 19. The molecule has 1 fully saturated rings. The average Bonchev–Trinajstić information content (AvgIpc) is 3.27. The van der Waals surface area contributed by atoms with E-state index in [1.807, 2.05) is 13.8 Å². The van der Waals surface area contributed by atoms with Gasteiger partial charge in [-0.15, -0.1) is 0 Å². The highest BCUT2D eigenvalue weighted by atomic mass is 33.1. The quantitative estimate of drug-likeness (QED) is 0.0226. The molecule has 1 aromatic heterocycles. The highest BCUT2D eigenvalue weighted by Gasteiger charge is 2.43. The molecule has 0 radical (unpaired) electrons. The highest BCUT2D eigenvalue weighted by molar-refractivity contribution is 8.77. The van der Waals surface area contributed by atoms with Crippen molar-refractivity contribution in [3.63, 3.8) is 0 Å². The van der Waals surface area contributed by atoms with Crippen molar-refractivity contribution in [1.82, 2.24) is 14.9 Å². The number of phosphoric ester groups is 1. The van der Waals surface area contributed by atoms with Crippen LogP contribution in [0.2, 0.25) is 0 Å². The molecule has 0 aromatic carbocycles. The van der Waals surface area contributed by atoms with Crippen molar-refractivity contribution in [3.05, 3.63) is 33.2 Å². The lowest BCUT2D eigenvalue weighted by molar-refractivity contribution is -0.121. The van der Waals surface area contributed by atoms with Crippen molar-refractivity contribution in [1.29, 1.82) is 0 Å². The van der Waals surface area contributed by atoms with Gasteiger partial charge in [-0.2, -0.15) is 13.6 Å². The van der Waals surface area contributed by atoms with Crippen LogP contribution in [0, 0.1) is 0 Å². The number of phosphoric acid groups is 3. The van der Waals surface area contributed by atoms with E-state index in [0.29, 0.717) is 13.0 Å². The average molecular weight is 728 g/mol. The lowest BCUT2D eigenvalue weighted by Gasteiger charge is -2.24. The molecule has 250 valence electrons. The number of nitrogen functional groups attached to an aromatic ring is 1. The summed E-state index contributed by atoms with van der Waals surface area (Å²) in [6.07, 6.45) is -1.06. The van der Waals surface area contributed by atoms with Crippen LogP contribution in [0.3, 0.4) is 0 Å². The monoisotopic (exact) mass is 727 g/mol. The fraction of sp³-hybridized carbons (Fsp3) is 0.722.